The maximum Gasteiger partial charge on any atom is 0.418 e. The number of anilines is 1. The Morgan fingerprint density at radius 1 is 1.15 bits per heavy atom. The van der Waals surface area contributed by atoms with E-state index in [4.69, 9.17) is 0 Å². The second-order valence-corrected chi connectivity index (χ2v) is 11.8. The van der Waals surface area contributed by atoms with E-state index in [9.17, 15) is 13.2 Å². The van der Waals surface area contributed by atoms with Crippen LogP contribution in [0, 0.1) is 11.3 Å². The minimum Gasteiger partial charge on any atom is -0.320 e. The molecule has 3 aliphatic heterocycles. The van der Waals surface area contributed by atoms with Crippen molar-refractivity contribution in [2.45, 2.75) is 51.6 Å². The second-order valence-electron chi connectivity index (χ2n) is 11.8. The van der Waals surface area contributed by atoms with Crippen molar-refractivity contribution in [1.82, 2.24) is 24.6 Å². The van der Waals surface area contributed by atoms with Gasteiger partial charge in [0.1, 0.15) is 18.0 Å². The Labute approximate surface area is 227 Å². The van der Waals surface area contributed by atoms with Gasteiger partial charge in [0.2, 0.25) is 0 Å². The zero-order chi connectivity index (χ0) is 27.5. The highest BCUT2D eigenvalue weighted by Gasteiger charge is 2.44. The summed E-state index contributed by atoms with van der Waals surface area (Å²) in [6, 6.07) is 8.03. The van der Waals surface area contributed by atoms with Gasteiger partial charge >= 0.3 is 6.18 Å². The standard InChI is InChI=1S/C30H35F3N6/c1-5-29(3)17-37(18-29)14-21-12-25(30(31,32)33)26-16-38(20(2)39(26)15-21)24-11-7-10-23(13-24)27(22-8-6-9-22)28-35-34-19-36(28)4/h7,10-13,15-16,19,22,27H,2,5-6,8-9,14,17-18H2,1,3-4H3. The van der Waals surface area contributed by atoms with E-state index in [1.807, 2.05) is 29.9 Å². The van der Waals surface area contributed by atoms with Crippen LogP contribution in [0.25, 0.3) is 0 Å². The van der Waals surface area contributed by atoms with Crippen LogP contribution < -0.4 is 4.90 Å². The minimum atomic E-state index is -4.48. The summed E-state index contributed by atoms with van der Waals surface area (Å²) in [5.41, 5.74) is 2.23. The van der Waals surface area contributed by atoms with E-state index in [-0.39, 0.29) is 17.0 Å². The summed E-state index contributed by atoms with van der Waals surface area (Å²) in [6.45, 7) is 10.9. The molecule has 0 amide bonds. The number of halogens is 3. The SMILES string of the molecule is C=C1N2C=C(CN3CC(C)(CC)C3)C=C(C(F)(F)F)C2=CN1c1cccc(C(c2nncn2C)C2CCC2)c1. The number of fused-ring (bicyclic) bond motifs is 1. The Hall–Kier alpha value is -3.33. The lowest BCUT2D eigenvalue weighted by atomic mass is 9.72. The smallest absolute Gasteiger partial charge is 0.320 e. The van der Waals surface area contributed by atoms with Gasteiger partial charge in [-0.3, -0.25) is 4.90 Å². The molecule has 6 rings (SSSR count). The quantitative estimate of drug-likeness (QED) is 0.415. The highest BCUT2D eigenvalue weighted by Crippen LogP contribution is 2.46. The fraction of sp³-hybridized carbons (Fsp3) is 0.467. The van der Waals surface area contributed by atoms with Crippen LogP contribution in [0.2, 0.25) is 0 Å². The van der Waals surface area contributed by atoms with Crippen molar-refractivity contribution < 1.29 is 13.2 Å². The molecule has 1 saturated heterocycles. The first-order valence-corrected chi connectivity index (χ1v) is 13.7. The number of nitrogens with zero attached hydrogens (tertiary/aromatic N) is 6. The van der Waals surface area contributed by atoms with E-state index in [2.05, 4.69) is 47.7 Å². The van der Waals surface area contributed by atoms with Crippen molar-refractivity contribution >= 4 is 5.69 Å². The van der Waals surface area contributed by atoms with Gasteiger partial charge in [-0.05, 0) is 59.9 Å². The molecule has 1 saturated carbocycles. The number of hydrogen-bond acceptors (Lipinski definition) is 5. The molecule has 6 nitrogen and oxygen atoms in total. The number of benzene rings is 1. The first kappa shape index (κ1) is 25.9. The van der Waals surface area contributed by atoms with E-state index in [1.54, 1.807) is 22.3 Å². The lowest BCUT2D eigenvalue weighted by Gasteiger charge is -2.48. The summed E-state index contributed by atoms with van der Waals surface area (Å²) in [6.07, 6.45) is 6.42. The van der Waals surface area contributed by atoms with Crippen LogP contribution in [-0.2, 0) is 7.05 Å². The van der Waals surface area contributed by atoms with Crippen molar-refractivity contribution in [3.8, 4) is 0 Å². The first-order valence-electron chi connectivity index (χ1n) is 13.7. The molecule has 1 aromatic carbocycles. The molecule has 1 unspecified atom stereocenters. The molecule has 1 aromatic heterocycles. The molecule has 1 atom stereocenters. The molecule has 0 N–H and O–H groups in total. The van der Waals surface area contributed by atoms with E-state index in [0.717, 1.165) is 49.4 Å². The van der Waals surface area contributed by atoms with Gasteiger partial charge in [-0.25, -0.2) is 0 Å². The number of aromatic nitrogens is 3. The van der Waals surface area contributed by atoms with Crippen LogP contribution in [0.15, 0.2) is 78.3 Å². The van der Waals surface area contributed by atoms with Crippen molar-refractivity contribution in [2.24, 2.45) is 18.4 Å². The van der Waals surface area contributed by atoms with Gasteiger partial charge in [0.15, 0.2) is 0 Å². The Kier molecular flexibility index (Phi) is 6.25. The van der Waals surface area contributed by atoms with Gasteiger partial charge in [0.25, 0.3) is 0 Å². The maximum atomic E-state index is 14.3. The van der Waals surface area contributed by atoms with E-state index in [1.165, 1.54) is 12.5 Å². The third-order valence-electron chi connectivity index (χ3n) is 8.90. The summed E-state index contributed by atoms with van der Waals surface area (Å²) in [7, 11) is 1.95. The number of rotatable bonds is 7. The summed E-state index contributed by atoms with van der Waals surface area (Å²) < 4.78 is 44.8. The topological polar surface area (TPSA) is 40.4 Å². The predicted octanol–water partition coefficient (Wildman–Crippen LogP) is 6.30. The summed E-state index contributed by atoms with van der Waals surface area (Å²) in [5, 5.41) is 8.51. The summed E-state index contributed by atoms with van der Waals surface area (Å²) in [5.74, 6) is 1.94. The normalized spacial score (nSPS) is 22.1. The molecule has 39 heavy (non-hydrogen) atoms. The van der Waals surface area contributed by atoms with Crippen molar-refractivity contribution in [2.75, 3.05) is 24.5 Å². The van der Waals surface area contributed by atoms with Gasteiger partial charge < -0.3 is 14.4 Å². The van der Waals surface area contributed by atoms with Gasteiger partial charge in [-0.1, -0.05) is 39.0 Å². The monoisotopic (exact) mass is 536 g/mol. The van der Waals surface area contributed by atoms with Crippen LogP contribution in [-0.4, -0.2) is 50.4 Å². The van der Waals surface area contributed by atoms with E-state index in [0.29, 0.717) is 23.9 Å². The first-order chi connectivity index (χ1) is 18.6. The highest BCUT2D eigenvalue weighted by atomic mass is 19.4. The van der Waals surface area contributed by atoms with Crippen molar-refractivity contribution in [3.05, 3.63) is 89.7 Å². The van der Waals surface area contributed by atoms with Gasteiger partial charge in [0, 0.05) is 50.7 Å². The van der Waals surface area contributed by atoms with Crippen molar-refractivity contribution in [3.63, 3.8) is 0 Å². The number of likely N-dealkylation sites (tertiary alicyclic amines) is 1. The van der Waals surface area contributed by atoms with Crippen molar-refractivity contribution in [1.29, 1.82) is 0 Å². The molecule has 2 aromatic rings. The van der Waals surface area contributed by atoms with Crippen LogP contribution in [0.3, 0.4) is 0 Å². The Morgan fingerprint density at radius 3 is 2.54 bits per heavy atom. The highest BCUT2D eigenvalue weighted by molar-refractivity contribution is 5.64. The third kappa shape index (κ3) is 4.60. The molecule has 0 spiro atoms. The number of allylic oxidation sites excluding steroid dienone is 1. The second kappa shape index (κ2) is 9.40. The lowest BCUT2D eigenvalue weighted by molar-refractivity contribution is -0.0910. The van der Waals surface area contributed by atoms with Crippen LogP contribution >= 0.6 is 0 Å². The Morgan fingerprint density at radius 2 is 1.92 bits per heavy atom. The molecule has 1 aliphatic carbocycles. The lowest BCUT2D eigenvalue weighted by Crippen LogP contribution is -2.54. The molecule has 0 bridgehead atoms. The third-order valence-corrected chi connectivity index (χ3v) is 8.90. The number of alkyl halides is 3. The van der Waals surface area contributed by atoms with Crippen LogP contribution in [0.5, 0.6) is 0 Å². The largest absolute Gasteiger partial charge is 0.418 e. The predicted molar refractivity (Wildman–Crippen MR) is 145 cm³/mol. The number of hydrogen-bond donors (Lipinski definition) is 0. The molecular formula is C30H35F3N6. The summed E-state index contributed by atoms with van der Waals surface area (Å²) >= 11 is 0. The maximum absolute atomic E-state index is 14.3. The zero-order valence-electron chi connectivity index (χ0n) is 22.7. The molecule has 0 radical (unpaired) electrons. The fourth-order valence-corrected chi connectivity index (χ4v) is 6.33. The number of aryl methyl sites for hydroxylation is 1. The molecule has 206 valence electrons. The van der Waals surface area contributed by atoms with Crippen LogP contribution in [0.1, 0.15) is 56.8 Å². The Bertz CT molecular complexity index is 1370. The van der Waals surface area contributed by atoms with E-state index >= 15 is 0 Å². The molecular weight excluding hydrogens is 501 g/mol. The Balaban J connectivity index is 1.31. The molecule has 9 heteroatoms. The van der Waals surface area contributed by atoms with Gasteiger partial charge in [0.05, 0.1) is 11.3 Å². The van der Waals surface area contributed by atoms with E-state index < -0.39 is 11.7 Å². The van der Waals surface area contributed by atoms with Crippen LogP contribution in [0.4, 0.5) is 18.9 Å². The van der Waals surface area contributed by atoms with Gasteiger partial charge in [-0.2, -0.15) is 13.2 Å². The fourth-order valence-electron chi connectivity index (χ4n) is 6.33. The molecule has 4 heterocycles. The molecule has 4 aliphatic rings. The average molecular weight is 537 g/mol. The average Bonchev–Trinajstić information content (AvgIpc) is 3.42. The molecule has 2 fully saturated rings. The minimum absolute atomic E-state index is 0.0831. The summed E-state index contributed by atoms with van der Waals surface area (Å²) in [4.78, 5) is 5.57. The van der Waals surface area contributed by atoms with Gasteiger partial charge in [-0.15, -0.1) is 10.2 Å². The zero-order valence-corrected chi connectivity index (χ0v) is 22.7.